The SMILES string of the molecule is CCCn1ncc(OC)c1C(=O)c1ccc(SC)cc1. The first-order valence-electron chi connectivity index (χ1n) is 6.49. The summed E-state index contributed by atoms with van der Waals surface area (Å²) in [5, 5.41) is 4.22. The zero-order valence-corrected chi connectivity index (χ0v) is 12.7. The number of aromatic nitrogens is 2. The highest BCUT2D eigenvalue weighted by molar-refractivity contribution is 7.98. The molecule has 0 fully saturated rings. The van der Waals surface area contributed by atoms with E-state index in [1.54, 1.807) is 29.8 Å². The van der Waals surface area contributed by atoms with Gasteiger partial charge in [0.25, 0.3) is 0 Å². The van der Waals surface area contributed by atoms with E-state index < -0.39 is 0 Å². The van der Waals surface area contributed by atoms with Crippen molar-refractivity contribution in [3.05, 3.63) is 41.7 Å². The molecule has 1 heterocycles. The average Bonchev–Trinajstić information content (AvgIpc) is 2.90. The van der Waals surface area contributed by atoms with Crippen LogP contribution in [0.3, 0.4) is 0 Å². The summed E-state index contributed by atoms with van der Waals surface area (Å²) >= 11 is 1.65. The van der Waals surface area contributed by atoms with Crippen LogP contribution in [0.2, 0.25) is 0 Å². The second-order valence-corrected chi connectivity index (χ2v) is 5.22. The van der Waals surface area contributed by atoms with Gasteiger partial charge in [0.05, 0.1) is 13.3 Å². The largest absolute Gasteiger partial charge is 0.493 e. The molecule has 0 bridgehead atoms. The highest BCUT2D eigenvalue weighted by atomic mass is 32.2. The Bertz CT molecular complexity index is 590. The molecular weight excluding hydrogens is 272 g/mol. The van der Waals surface area contributed by atoms with Gasteiger partial charge in [-0.15, -0.1) is 11.8 Å². The first kappa shape index (κ1) is 14.7. The van der Waals surface area contributed by atoms with Gasteiger partial charge >= 0.3 is 0 Å². The number of aryl methyl sites for hydroxylation is 1. The fourth-order valence-electron chi connectivity index (χ4n) is 2.01. The van der Waals surface area contributed by atoms with Crippen LogP contribution in [0.15, 0.2) is 35.4 Å². The minimum Gasteiger partial charge on any atom is -0.493 e. The Morgan fingerprint density at radius 2 is 2.05 bits per heavy atom. The number of thioether (sulfide) groups is 1. The number of nitrogens with zero attached hydrogens (tertiary/aromatic N) is 2. The van der Waals surface area contributed by atoms with Gasteiger partial charge in [0.2, 0.25) is 5.78 Å². The van der Waals surface area contributed by atoms with Gasteiger partial charge in [-0.1, -0.05) is 6.92 Å². The molecule has 0 aliphatic rings. The number of ether oxygens (including phenoxy) is 1. The minimum atomic E-state index is -0.0551. The van der Waals surface area contributed by atoms with Crippen LogP contribution in [0.25, 0.3) is 0 Å². The normalized spacial score (nSPS) is 10.6. The number of carbonyl (C=O) groups excluding carboxylic acids is 1. The molecule has 0 N–H and O–H groups in total. The van der Waals surface area contributed by atoms with E-state index >= 15 is 0 Å². The quantitative estimate of drug-likeness (QED) is 0.605. The third-order valence-electron chi connectivity index (χ3n) is 3.03. The van der Waals surface area contributed by atoms with Crippen molar-refractivity contribution >= 4 is 17.5 Å². The van der Waals surface area contributed by atoms with Gasteiger partial charge in [-0.25, -0.2) is 0 Å². The Morgan fingerprint density at radius 3 is 2.60 bits per heavy atom. The lowest BCUT2D eigenvalue weighted by Crippen LogP contribution is -2.12. The van der Waals surface area contributed by atoms with Gasteiger partial charge in [0.1, 0.15) is 0 Å². The second kappa shape index (κ2) is 6.61. The van der Waals surface area contributed by atoms with Gasteiger partial charge in [0, 0.05) is 17.0 Å². The average molecular weight is 290 g/mol. The number of methoxy groups -OCH3 is 1. The Labute approximate surface area is 123 Å². The van der Waals surface area contributed by atoms with E-state index in [1.165, 1.54) is 0 Å². The van der Waals surface area contributed by atoms with Crippen molar-refractivity contribution < 1.29 is 9.53 Å². The molecule has 2 rings (SSSR count). The smallest absolute Gasteiger partial charge is 0.214 e. The fourth-order valence-corrected chi connectivity index (χ4v) is 2.42. The van der Waals surface area contributed by atoms with Crippen molar-refractivity contribution in [2.75, 3.05) is 13.4 Å². The van der Waals surface area contributed by atoms with Crippen molar-refractivity contribution in [2.24, 2.45) is 0 Å². The summed E-state index contributed by atoms with van der Waals surface area (Å²) in [6, 6.07) is 7.59. The standard InChI is InChI=1S/C15H18N2O2S/c1-4-9-17-14(13(19-2)10-16-17)15(18)11-5-7-12(20-3)8-6-11/h5-8,10H,4,9H2,1-3H3. The predicted octanol–water partition coefficient (Wildman–Crippen LogP) is 3.25. The molecule has 4 nitrogen and oxygen atoms in total. The lowest BCUT2D eigenvalue weighted by molar-refractivity contribution is 0.102. The van der Waals surface area contributed by atoms with Crippen LogP contribution in [0.1, 0.15) is 29.4 Å². The predicted molar refractivity (Wildman–Crippen MR) is 80.7 cm³/mol. The van der Waals surface area contributed by atoms with E-state index in [-0.39, 0.29) is 5.78 Å². The molecule has 106 valence electrons. The van der Waals surface area contributed by atoms with Crippen LogP contribution in [0, 0.1) is 0 Å². The number of benzene rings is 1. The van der Waals surface area contributed by atoms with Crippen LogP contribution >= 0.6 is 11.8 Å². The lowest BCUT2D eigenvalue weighted by atomic mass is 10.1. The number of hydrogen-bond donors (Lipinski definition) is 0. The maximum absolute atomic E-state index is 12.6. The van der Waals surface area contributed by atoms with Gasteiger partial charge in [0.15, 0.2) is 11.4 Å². The number of ketones is 1. The molecule has 0 spiro atoms. The van der Waals surface area contributed by atoms with Crippen LogP contribution < -0.4 is 4.74 Å². The van der Waals surface area contributed by atoms with Crippen LogP contribution in [0.5, 0.6) is 5.75 Å². The summed E-state index contributed by atoms with van der Waals surface area (Å²) in [6.45, 7) is 2.75. The first-order chi connectivity index (χ1) is 9.71. The van der Waals surface area contributed by atoms with E-state index in [2.05, 4.69) is 12.0 Å². The maximum Gasteiger partial charge on any atom is 0.214 e. The van der Waals surface area contributed by atoms with E-state index in [1.807, 2.05) is 30.5 Å². The molecule has 1 aromatic heterocycles. The molecule has 2 aromatic rings. The summed E-state index contributed by atoms with van der Waals surface area (Å²) in [5.74, 6) is 0.470. The maximum atomic E-state index is 12.6. The van der Waals surface area contributed by atoms with Crippen molar-refractivity contribution in [1.29, 1.82) is 0 Å². The summed E-state index contributed by atoms with van der Waals surface area (Å²) in [4.78, 5) is 13.8. The molecule has 0 saturated heterocycles. The zero-order valence-electron chi connectivity index (χ0n) is 11.9. The molecule has 1 aromatic carbocycles. The molecule has 0 radical (unpaired) electrons. The zero-order chi connectivity index (χ0) is 14.5. The Balaban J connectivity index is 2.38. The highest BCUT2D eigenvalue weighted by Gasteiger charge is 2.20. The topological polar surface area (TPSA) is 44.1 Å². The molecule has 20 heavy (non-hydrogen) atoms. The number of carbonyl (C=O) groups is 1. The molecule has 0 aliphatic carbocycles. The van der Waals surface area contributed by atoms with E-state index in [9.17, 15) is 4.79 Å². The summed E-state index contributed by atoms with van der Waals surface area (Å²) in [6.07, 6.45) is 4.52. The summed E-state index contributed by atoms with van der Waals surface area (Å²) < 4.78 is 6.96. The van der Waals surface area contributed by atoms with Crippen molar-refractivity contribution in [3.8, 4) is 5.75 Å². The van der Waals surface area contributed by atoms with Gasteiger partial charge in [-0.2, -0.15) is 5.10 Å². The van der Waals surface area contributed by atoms with Crippen LogP contribution in [-0.4, -0.2) is 28.9 Å². The van der Waals surface area contributed by atoms with Gasteiger partial charge in [-0.3, -0.25) is 9.48 Å². The number of rotatable bonds is 6. The summed E-state index contributed by atoms with van der Waals surface area (Å²) in [5.41, 5.74) is 1.17. The van der Waals surface area contributed by atoms with Gasteiger partial charge < -0.3 is 4.74 Å². The van der Waals surface area contributed by atoms with E-state index in [0.717, 1.165) is 11.3 Å². The molecule has 0 unspecified atom stereocenters. The van der Waals surface area contributed by atoms with Crippen LogP contribution in [0.4, 0.5) is 0 Å². The van der Waals surface area contributed by atoms with Gasteiger partial charge in [-0.05, 0) is 36.9 Å². The van der Waals surface area contributed by atoms with E-state index in [4.69, 9.17) is 4.74 Å². The van der Waals surface area contributed by atoms with E-state index in [0.29, 0.717) is 23.6 Å². The monoisotopic (exact) mass is 290 g/mol. The minimum absolute atomic E-state index is 0.0551. The highest BCUT2D eigenvalue weighted by Crippen LogP contribution is 2.23. The van der Waals surface area contributed by atoms with Crippen molar-refractivity contribution in [3.63, 3.8) is 0 Å². The molecule has 0 amide bonds. The number of hydrogen-bond acceptors (Lipinski definition) is 4. The molecule has 0 atom stereocenters. The molecular formula is C15H18N2O2S. The third kappa shape index (κ3) is 2.88. The van der Waals surface area contributed by atoms with Crippen molar-refractivity contribution in [2.45, 2.75) is 24.8 Å². The fraction of sp³-hybridized carbons (Fsp3) is 0.333. The first-order valence-corrected chi connectivity index (χ1v) is 7.72. The Kier molecular flexibility index (Phi) is 4.84. The Hall–Kier alpha value is -1.75. The van der Waals surface area contributed by atoms with Crippen LogP contribution in [-0.2, 0) is 6.54 Å². The van der Waals surface area contributed by atoms with Crippen molar-refractivity contribution in [1.82, 2.24) is 9.78 Å². The lowest BCUT2D eigenvalue weighted by Gasteiger charge is -2.08. The molecule has 0 aliphatic heterocycles. The molecule has 5 heteroatoms. The summed E-state index contributed by atoms with van der Waals surface area (Å²) in [7, 11) is 1.56. The third-order valence-corrected chi connectivity index (χ3v) is 3.77. The second-order valence-electron chi connectivity index (χ2n) is 4.34. The Morgan fingerprint density at radius 1 is 1.35 bits per heavy atom. The molecule has 0 saturated carbocycles.